The highest BCUT2D eigenvalue weighted by Crippen LogP contribution is 2.20. The lowest BCUT2D eigenvalue weighted by atomic mass is 10.1. The van der Waals surface area contributed by atoms with Crippen LogP contribution in [0.1, 0.15) is 36.8 Å². The molecule has 0 radical (unpaired) electrons. The summed E-state index contributed by atoms with van der Waals surface area (Å²) >= 11 is 0. The summed E-state index contributed by atoms with van der Waals surface area (Å²) in [5, 5.41) is 7.57. The number of nitrogens with one attached hydrogen (secondary N) is 1. The molecule has 1 aromatic carbocycles. The molecule has 1 aromatic heterocycles. The first-order chi connectivity index (χ1) is 10.2. The van der Waals surface area contributed by atoms with Crippen LogP contribution in [0.3, 0.4) is 0 Å². The van der Waals surface area contributed by atoms with Gasteiger partial charge in [-0.2, -0.15) is 0 Å². The molecule has 0 bridgehead atoms. The van der Waals surface area contributed by atoms with Crippen molar-refractivity contribution >= 4 is 5.69 Å². The van der Waals surface area contributed by atoms with Gasteiger partial charge in [0, 0.05) is 31.4 Å². The van der Waals surface area contributed by atoms with Crippen molar-refractivity contribution in [2.24, 2.45) is 0 Å². The third kappa shape index (κ3) is 3.85. The van der Waals surface area contributed by atoms with E-state index in [2.05, 4.69) is 53.6 Å². The smallest absolute Gasteiger partial charge is 0.156 e. The van der Waals surface area contributed by atoms with Gasteiger partial charge in [-0.15, -0.1) is 0 Å². The van der Waals surface area contributed by atoms with E-state index in [0.29, 0.717) is 6.04 Å². The van der Waals surface area contributed by atoms with Crippen LogP contribution in [-0.4, -0.2) is 18.2 Å². The van der Waals surface area contributed by atoms with Gasteiger partial charge in [0.2, 0.25) is 0 Å². The number of nitrogens with zero attached hydrogens (tertiary/aromatic N) is 2. The largest absolute Gasteiger partial charge is 0.367 e. The lowest BCUT2D eigenvalue weighted by molar-refractivity contribution is 0.375. The molecule has 21 heavy (non-hydrogen) atoms. The number of hydrogen-bond acceptors (Lipinski definition) is 4. The first-order valence-corrected chi connectivity index (χ1v) is 7.72. The molecule has 0 atom stereocenters. The molecule has 4 nitrogen and oxygen atoms in total. The predicted molar refractivity (Wildman–Crippen MR) is 84.3 cm³/mol. The molecule has 0 saturated heterocycles. The highest BCUT2D eigenvalue weighted by molar-refractivity contribution is 5.47. The maximum atomic E-state index is 5.42. The molecule has 1 aliphatic carbocycles. The Hall–Kier alpha value is -1.81. The maximum absolute atomic E-state index is 5.42. The van der Waals surface area contributed by atoms with E-state index in [9.17, 15) is 0 Å². The number of rotatable bonds is 7. The summed E-state index contributed by atoms with van der Waals surface area (Å²) in [6.07, 6.45) is 3.66. The van der Waals surface area contributed by atoms with Crippen molar-refractivity contribution < 1.29 is 4.52 Å². The van der Waals surface area contributed by atoms with Crippen LogP contribution in [0.4, 0.5) is 5.69 Å². The maximum Gasteiger partial charge on any atom is 0.156 e. The molecule has 3 rings (SSSR count). The Morgan fingerprint density at radius 1 is 1.29 bits per heavy atom. The Kier molecular flexibility index (Phi) is 4.25. The van der Waals surface area contributed by atoms with E-state index in [-0.39, 0.29) is 0 Å². The Morgan fingerprint density at radius 3 is 2.71 bits per heavy atom. The number of hydrogen-bond donors (Lipinski definition) is 1. The van der Waals surface area contributed by atoms with Gasteiger partial charge >= 0.3 is 0 Å². The molecule has 2 aromatic rings. The van der Waals surface area contributed by atoms with Crippen molar-refractivity contribution in [3.8, 4) is 0 Å². The standard InChI is InChI=1S/C17H23N3O/c1-3-13-4-8-16(9-5-13)20(2)12-17-10-15(19-21-17)11-18-14-6-7-14/h4-5,8-10,14,18H,3,6-7,11-12H2,1-2H3. The molecule has 1 saturated carbocycles. The normalized spacial score (nSPS) is 14.4. The molecule has 1 fully saturated rings. The molecular weight excluding hydrogens is 262 g/mol. The van der Waals surface area contributed by atoms with E-state index < -0.39 is 0 Å². The van der Waals surface area contributed by atoms with Crippen LogP contribution in [0.25, 0.3) is 0 Å². The zero-order valence-corrected chi connectivity index (χ0v) is 12.8. The first-order valence-electron chi connectivity index (χ1n) is 7.72. The van der Waals surface area contributed by atoms with Crippen molar-refractivity contribution in [1.29, 1.82) is 0 Å². The summed E-state index contributed by atoms with van der Waals surface area (Å²) in [5.74, 6) is 0.907. The van der Waals surface area contributed by atoms with Gasteiger partial charge in [0.05, 0.1) is 12.2 Å². The minimum Gasteiger partial charge on any atom is -0.367 e. The number of anilines is 1. The van der Waals surface area contributed by atoms with Gasteiger partial charge in [-0.3, -0.25) is 0 Å². The third-order valence-corrected chi connectivity index (χ3v) is 3.94. The van der Waals surface area contributed by atoms with Gasteiger partial charge < -0.3 is 14.7 Å². The van der Waals surface area contributed by atoms with Crippen LogP contribution >= 0.6 is 0 Å². The van der Waals surface area contributed by atoms with Gasteiger partial charge in [-0.05, 0) is 37.0 Å². The topological polar surface area (TPSA) is 41.3 Å². The van der Waals surface area contributed by atoms with Gasteiger partial charge in [0.15, 0.2) is 5.76 Å². The average Bonchev–Trinajstić information content (AvgIpc) is 3.25. The minimum absolute atomic E-state index is 0.699. The van der Waals surface area contributed by atoms with Crippen molar-refractivity contribution in [1.82, 2.24) is 10.5 Å². The number of aromatic nitrogens is 1. The van der Waals surface area contributed by atoms with E-state index in [1.807, 2.05) is 6.07 Å². The summed E-state index contributed by atoms with van der Waals surface area (Å²) in [4.78, 5) is 2.18. The fourth-order valence-electron chi connectivity index (χ4n) is 2.36. The van der Waals surface area contributed by atoms with E-state index >= 15 is 0 Å². The van der Waals surface area contributed by atoms with Gasteiger partial charge in [-0.1, -0.05) is 24.2 Å². The van der Waals surface area contributed by atoms with Gasteiger partial charge in [-0.25, -0.2) is 0 Å². The van der Waals surface area contributed by atoms with Crippen molar-refractivity contribution in [2.75, 3.05) is 11.9 Å². The SMILES string of the molecule is CCc1ccc(N(C)Cc2cc(CNC3CC3)no2)cc1. The van der Waals surface area contributed by atoms with Crippen LogP contribution in [0, 0.1) is 0 Å². The average molecular weight is 285 g/mol. The van der Waals surface area contributed by atoms with Crippen LogP contribution in [0.15, 0.2) is 34.9 Å². The quantitative estimate of drug-likeness (QED) is 0.848. The van der Waals surface area contributed by atoms with Crippen molar-refractivity contribution in [3.63, 3.8) is 0 Å². The lowest BCUT2D eigenvalue weighted by Gasteiger charge is -2.17. The molecule has 1 N–H and O–H groups in total. The summed E-state index contributed by atoms with van der Waals surface area (Å²) in [5.41, 5.74) is 3.55. The predicted octanol–water partition coefficient (Wildman–Crippen LogP) is 3.13. The summed E-state index contributed by atoms with van der Waals surface area (Å²) in [7, 11) is 2.07. The van der Waals surface area contributed by atoms with Crippen LogP contribution in [0.5, 0.6) is 0 Å². The number of benzene rings is 1. The molecule has 1 aliphatic rings. The summed E-state index contributed by atoms with van der Waals surface area (Å²) < 4.78 is 5.42. The summed E-state index contributed by atoms with van der Waals surface area (Å²) in [6, 6.07) is 11.4. The zero-order chi connectivity index (χ0) is 14.7. The molecular formula is C17H23N3O. The second kappa shape index (κ2) is 6.31. The molecule has 0 aliphatic heterocycles. The fraction of sp³-hybridized carbons (Fsp3) is 0.471. The highest BCUT2D eigenvalue weighted by atomic mass is 16.5. The second-order valence-electron chi connectivity index (χ2n) is 5.82. The Bertz CT molecular complexity index is 572. The minimum atomic E-state index is 0.699. The molecule has 4 heteroatoms. The molecule has 0 amide bonds. The van der Waals surface area contributed by atoms with E-state index in [4.69, 9.17) is 4.52 Å². The third-order valence-electron chi connectivity index (χ3n) is 3.94. The lowest BCUT2D eigenvalue weighted by Crippen LogP contribution is -2.16. The Balaban J connectivity index is 1.56. The van der Waals surface area contributed by atoms with Gasteiger partial charge in [0.25, 0.3) is 0 Å². The van der Waals surface area contributed by atoms with Crippen LogP contribution in [0.2, 0.25) is 0 Å². The Morgan fingerprint density at radius 2 is 2.05 bits per heavy atom. The van der Waals surface area contributed by atoms with Crippen molar-refractivity contribution in [2.45, 2.75) is 45.3 Å². The van der Waals surface area contributed by atoms with Gasteiger partial charge in [0.1, 0.15) is 0 Å². The zero-order valence-electron chi connectivity index (χ0n) is 12.8. The Labute approximate surface area is 126 Å². The molecule has 1 heterocycles. The summed E-state index contributed by atoms with van der Waals surface area (Å²) in [6.45, 7) is 3.72. The van der Waals surface area contributed by atoms with E-state index in [1.54, 1.807) is 0 Å². The molecule has 112 valence electrons. The van der Waals surface area contributed by atoms with E-state index in [1.165, 1.54) is 24.1 Å². The first kappa shape index (κ1) is 14.1. The number of aryl methyl sites for hydroxylation is 1. The molecule has 0 spiro atoms. The van der Waals surface area contributed by atoms with E-state index in [0.717, 1.165) is 31.0 Å². The van der Waals surface area contributed by atoms with Crippen LogP contribution < -0.4 is 10.2 Å². The molecule has 0 unspecified atom stereocenters. The van der Waals surface area contributed by atoms with Crippen LogP contribution in [-0.2, 0) is 19.5 Å². The van der Waals surface area contributed by atoms with Crippen molar-refractivity contribution in [3.05, 3.63) is 47.3 Å². The monoisotopic (exact) mass is 285 g/mol. The highest BCUT2D eigenvalue weighted by Gasteiger charge is 2.20. The fourth-order valence-corrected chi connectivity index (χ4v) is 2.36. The second-order valence-corrected chi connectivity index (χ2v) is 5.82.